The van der Waals surface area contributed by atoms with E-state index in [0.29, 0.717) is 19.2 Å². The summed E-state index contributed by atoms with van der Waals surface area (Å²) in [5.74, 6) is 1.27. The number of nitrogens with two attached hydrogens (primary N) is 1. The van der Waals surface area contributed by atoms with E-state index in [1.54, 1.807) is 13.3 Å². The van der Waals surface area contributed by atoms with Gasteiger partial charge in [-0.2, -0.15) is 0 Å². The van der Waals surface area contributed by atoms with E-state index in [0.717, 1.165) is 52.7 Å². The number of rotatable bonds is 5. The molecular formula is C20H23N5O2. The molecule has 0 saturated heterocycles. The van der Waals surface area contributed by atoms with Crippen LogP contribution >= 0.6 is 0 Å². The van der Waals surface area contributed by atoms with E-state index >= 15 is 0 Å². The number of hydrogen-bond donors (Lipinski definition) is 2. The number of benzene rings is 1. The smallest absolute Gasteiger partial charge is 0.198 e. The molecule has 0 aliphatic carbocycles. The zero-order chi connectivity index (χ0) is 18.8. The van der Waals surface area contributed by atoms with Gasteiger partial charge in [0.1, 0.15) is 12.4 Å². The van der Waals surface area contributed by atoms with Gasteiger partial charge in [0.15, 0.2) is 5.95 Å². The van der Waals surface area contributed by atoms with Gasteiger partial charge in [-0.1, -0.05) is 0 Å². The topological polar surface area (TPSA) is 89.3 Å². The lowest BCUT2D eigenvalue weighted by Crippen LogP contribution is -2.35. The Morgan fingerprint density at radius 3 is 2.96 bits per heavy atom. The van der Waals surface area contributed by atoms with Gasteiger partial charge >= 0.3 is 0 Å². The lowest BCUT2D eigenvalue weighted by Gasteiger charge is -2.31. The Labute approximate surface area is 158 Å². The highest BCUT2D eigenvalue weighted by Gasteiger charge is 2.21. The molecule has 0 unspecified atom stereocenters. The Morgan fingerprint density at radius 2 is 2.15 bits per heavy atom. The van der Waals surface area contributed by atoms with Gasteiger partial charge in [0.25, 0.3) is 0 Å². The Hall–Kier alpha value is -3.06. The van der Waals surface area contributed by atoms with E-state index in [1.165, 1.54) is 0 Å². The molecule has 1 aromatic carbocycles. The van der Waals surface area contributed by atoms with Gasteiger partial charge in [-0.3, -0.25) is 4.98 Å². The summed E-state index contributed by atoms with van der Waals surface area (Å²) in [5, 5.41) is 0. The first-order chi connectivity index (χ1) is 13.2. The molecule has 2 aromatic heterocycles. The Kier molecular flexibility index (Phi) is 4.68. The predicted octanol–water partition coefficient (Wildman–Crippen LogP) is 2.87. The van der Waals surface area contributed by atoms with Gasteiger partial charge in [-0.05, 0) is 37.3 Å². The van der Waals surface area contributed by atoms with Crippen LogP contribution in [0.1, 0.15) is 5.69 Å². The lowest BCUT2D eigenvalue weighted by molar-refractivity contribution is 0.201. The Bertz CT molecular complexity index is 953. The molecule has 140 valence electrons. The number of hydrogen-bond acceptors (Lipinski definition) is 6. The molecule has 1 aliphatic rings. The second kappa shape index (κ2) is 7.28. The van der Waals surface area contributed by atoms with Crippen LogP contribution in [0.4, 0.5) is 11.6 Å². The van der Waals surface area contributed by atoms with Crippen LogP contribution in [0.3, 0.4) is 0 Å². The van der Waals surface area contributed by atoms with E-state index in [4.69, 9.17) is 15.2 Å². The van der Waals surface area contributed by atoms with E-state index in [1.807, 2.05) is 31.2 Å². The quantitative estimate of drug-likeness (QED) is 0.723. The molecule has 3 heterocycles. The van der Waals surface area contributed by atoms with Crippen molar-refractivity contribution < 1.29 is 9.47 Å². The second-order valence-electron chi connectivity index (χ2n) is 6.54. The molecule has 0 amide bonds. The van der Waals surface area contributed by atoms with Gasteiger partial charge in [0, 0.05) is 36.7 Å². The molecule has 1 aliphatic heterocycles. The summed E-state index contributed by atoms with van der Waals surface area (Å²) in [6.07, 6.45) is 1.79. The first kappa shape index (κ1) is 17.4. The number of imidazole rings is 1. The summed E-state index contributed by atoms with van der Waals surface area (Å²) in [5.41, 5.74) is 11.7. The van der Waals surface area contributed by atoms with Gasteiger partial charge in [-0.25, -0.2) is 4.98 Å². The number of nitrogen functional groups attached to an aromatic ring is 1. The molecule has 27 heavy (non-hydrogen) atoms. The molecule has 0 atom stereocenters. The molecule has 3 aromatic rings. The maximum Gasteiger partial charge on any atom is 0.198 e. The van der Waals surface area contributed by atoms with Gasteiger partial charge < -0.3 is 25.1 Å². The predicted molar refractivity (Wildman–Crippen MR) is 106 cm³/mol. The maximum atomic E-state index is 5.99. The minimum absolute atomic E-state index is 0.389. The largest absolute Gasteiger partial charge is 0.490 e. The molecule has 0 radical (unpaired) electrons. The Morgan fingerprint density at radius 1 is 1.26 bits per heavy atom. The number of methoxy groups -OCH3 is 1. The molecule has 0 bridgehead atoms. The molecule has 0 spiro atoms. The first-order valence-electron chi connectivity index (χ1n) is 8.95. The molecule has 7 nitrogen and oxygen atoms in total. The highest BCUT2D eigenvalue weighted by Crippen LogP contribution is 2.38. The van der Waals surface area contributed by atoms with Crippen molar-refractivity contribution in [2.24, 2.45) is 0 Å². The van der Waals surface area contributed by atoms with Crippen LogP contribution in [-0.4, -0.2) is 48.4 Å². The van der Waals surface area contributed by atoms with Crippen molar-refractivity contribution in [1.29, 1.82) is 0 Å². The molecule has 0 saturated carbocycles. The third-order valence-corrected chi connectivity index (χ3v) is 4.66. The summed E-state index contributed by atoms with van der Waals surface area (Å²) >= 11 is 0. The van der Waals surface area contributed by atoms with Crippen LogP contribution in [0.25, 0.3) is 22.5 Å². The van der Waals surface area contributed by atoms with E-state index in [9.17, 15) is 0 Å². The fraction of sp³-hybridized carbons (Fsp3) is 0.300. The number of fused-ring (bicyclic) bond motifs is 1. The minimum Gasteiger partial charge on any atom is -0.490 e. The number of nitrogens with one attached hydrogen (secondary N) is 1. The third-order valence-electron chi connectivity index (χ3n) is 4.66. The lowest BCUT2D eigenvalue weighted by atomic mass is 10.0. The van der Waals surface area contributed by atoms with Crippen LogP contribution in [-0.2, 0) is 4.74 Å². The highest BCUT2D eigenvalue weighted by molar-refractivity contribution is 5.82. The number of pyridine rings is 1. The van der Waals surface area contributed by atoms with Gasteiger partial charge in [0.05, 0.1) is 30.2 Å². The molecule has 3 N–H and O–H groups in total. The number of nitrogens with zero attached hydrogens (tertiary/aromatic N) is 3. The van der Waals surface area contributed by atoms with Crippen LogP contribution in [0.15, 0.2) is 36.5 Å². The molecular weight excluding hydrogens is 342 g/mol. The summed E-state index contributed by atoms with van der Waals surface area (Å²) in [4.78, 5) is 14.3. The molecule has 0 fully saturated rings. The van der Waals surface area contributed by atoms with Crippen molar-refractivity contribution >= 4 is 11.6 Å². The number of ether oxygens (including phenoxy) is 2. The summed E-state index contributed by atoms with van der Waals surface area (Å²) in [6.45, 7) is 4.95. The fourth-order valence-electron chi connectivity index (χ4n) is 3.36. The zero-order valence-electron chi connectivity index (χ0n) is 15.5. The van der Waals surface area contributed by atoms with Crippen molar-refractivity contribution in [3.63, 3.8) is 0 Å². The maximum absolute atomic E-state index is 5.99. The number of aromatic nitrogens is 3. The SMILES string of the molecule is COCCN1CCOc2ccc(-c3nc(N)[nH]c3-c3ccnc(C)c3)cc21. The number of anilines is 2. The van der Waals surface area contributed by atoms with Crippen molar-refractivity contribution in [2.75, 3.05) is 44.0 Å². The average molecular weight is 365 g/mol. The van der Waals surface area contributed by atoms with E-state index in [-0.39, 0.29) is 0 Å². The number of H-pyrrole nitrogens is 1. The van der Waals surface area contributed by atoms with Crippen LogP contribution in [0.5, 0.6) is 5.75 Å². The first-order valence-corrected chi connectivity index (χ1v) is 8.95. The Balaban J connectivity index is 1.77. The monoisotopic (exact) mass is 365 g/mol. The van der Waals surface area contributed by atoms with Crippen LogP contribution < -0.4 is 15.4 Å². The van der Waals surface area contributed by atoms with Gasteiger partial charge in [0.2, 0.25) is 0 Å². The summed E-state index contributed by atoms with van der Waals surface area (Å²) in [6, 6.07) is 10.1. The van der Waals surface area contributed by atoms with Crippen molar-refractivity contribution in [3.05, 3.63) is 42.2 Å². The summed E-state index contributed by atoms with van der Waals surface area (Å²) < 4.78 is 11.1. The fourth-order valence-corrected chi connectivity index (χ4v) is 3.36. The molecule has 7 heteroatoms. The van der Waals surface area contributed by atoms with Crippen LogP contribution in [0, 0.1) is 6.92 Å². The highest BCUT2D eigenvalue weighted by atomic mass is 16.5. The van der Waals surface area contributed by atoms with Crippen molar-refractivity contribution in [2.45, 2.75) is 6.92 Å². The normalized spacial score (nSPS) is 13.3. The van der Waals surface area contributed by atoms with Crippen molar-refractivity contribution in [3.8, 4) is 28.3 Å². The van der Waals surface area contributed by atoms with Gasteiger partial charge in [-0.15, -0.1) is 0 Å². The molecule has 4 rings (SSSR count). The number of aryl methyl sites for hydroxylation is 1. The van der Waals surface area contributed by atoms with E-state index < -0.39 is 0 Å². The summed E-state index contributed by atoms with van der Waals surface area (Å²) in [7, 11) is 1.72. The van der Waals surface area contributed by atoms with E-state index in [2.05, 4.69) is 25.9 Å². The number of aromatic amines is 1. The zero-order valence-corrected chi connectivity index (χ0v) is 15.5. The second-order valence-corrected chi connectivity index (χ2v) is 6.54. The minimum atomic E-state index is 0.389. The average Bonchev–Trinajstić information content (AvgIpc) is 3.07. The third kappa shape index (κ3) is 3.46. The van der Waals surface area contributed by atoms with Crippen molar-refractivity contribution in [1.82, 2.24) is 15.0 Å². The van der Waals surface area contributed by atoms with Crippen LogP contribution in [0.2, 0.25) is 0 Å². The standard InChI is InChI=1S/C20H23N5O2/c1-13-11-15(5-6-22-13)19-18(23-20(21)24-19)14-3-4-17-16(12-14)25(7-9-26-2)8-10-27-17/h3-6,11-12H,7-10H2,1-2H3,(H3,21,23,24).